The predicted molar refractivity (Wildman–Crippen MR) is 158 cm³/mol. The summed E-state index contributed by atoms with van der Waals surface area (Å²) in [4.78, 5) is 14.8. The Labute approximate surface area is 235 Å². The second-order valence-electron chi connectivity index (χ2n) is 9.98. The van der Waals surface area contributed by atoms with E-state index in [1.807, 2.05) is 54.6 Å². The highest BCUT2D eigenvalue weighted by molar-refractivity contribution is 7.92. The molecule has 0 radical (unpaired) electrons. The molecule has 1 aliphatic heterocycles. The van der Waals surface area contributed by atoms with E-state index in [4.69, 9.17) is 9.15 Å². The number of nitrogens with zero attached hydrogens (tertiary/aromatic N) is 2. The zero-order valence-corrected chi connectivity index (χ0v) is 23.9. The van der Waals surface area contributed by atoms with E-state index in [-0.39, 0.29) is 29.8 Å². The van der Waals surface area contributed by atoms with Crippen LogP contribution in [-0.2, 0) is 21.2 Å². The van der Waals surface area contributed by atoms with Crippen LogP contribution in [0.25, 0.3) is 11.0 Å². The first-order chi connectivity index (χ1) is 19.3. The van der Waals surface area contributed by atoms with Crippen LogP contribution in [0, 0.1) is 6.92 Å². The lowest BCUT2D eigenvalue weighted by Gasteiger charge is -2.38. The summed E-state index contributed by atoms with van der Waals surface area (Å²) in [5.74, 6) is -0.477. The quantitative estimate of drug-likeness (QED) is 0.283. The van der Waals surface area contributed by atoms with Crippen molar-refractivity contribution in [3.05, 3.63) is 89.7 Å². The van der Waals surface area contributed by atoms with Gasteiger partial charge in [-0.1, -0.05) is 42.5 Å². The lowest BCUT2D eigenvalue weighted by atomic mass is 10.1. The van der Waals surface area contributed by atoms with Crippen molar-refractivity contribution in [1.29, 1.82) is 0 Å². The van der Waals surface area contributed by atoms with Gasteiger partial charge in [-0.3, -0.25) is 4.31 Å². The summed E-state index contributed by atoms with van der Waals surface area (Å²) >= 11 is 0. The van der Waals surface area contributed by atoms with E-state index in [1.54, 1.807) is 32.0 Å². The Balaban J connectivity index is 1.59. The average Bonchev–Trinajstić information content (AvgIpc) is 3.30. The van der Waals surface area contributed by atoms with Gasteiger partial charge in [0.2, 0.25) is 5.76 Å². The molecule has 9 heteroatoms. The maximum absolute atomic E-state index is 14.4. The molecule has 3 aromatic carbocycles. The summed E-state index contributed by atoms with van der Waals surface area (Å²) < 4.78 is 41.3. The number of carbonyl (C=O) groups is 1. The van der Waals surface area contributed by atoms with Crippen molar-refractivity contribution in [2.24, 2.45) is 0 Å². The normalized spacial score (nSPS) is 15.8. The molecule has 0 unspecified atom stereocenters. The van der Waals surface area contributed by atoms with Crippen LogP contribution in [0.3, 0.4) is 0 Å². The fourth-order valence-corrected chi connectivity index (χ4v) is 6.75. The third-order valence-corrected chi connectivity index (χ3v) is 9.17. The van der Waals surface area contributed by atoms with Crippen LogP contribution in [0.1, 0.15) is 35.5 Å². The van der Waals surface area contributed by atoms with Crippen LogP contribution in [0.5, 0.6) is 0 Å². The zero-order valence-electron chi connectivity index (χ0n) is 23.1. The van der Waals surface area contributed by atoms with Crippen LogP contribution in [0.15, 0.2) is 82.1 Å². The molecule has 0 bridgehead atoms. The van der Waals surface area contributed by atoms with E-state index in [2.05, 4.69) is 17.1 Å². The number of furan rings is 1. The Hall–Kier alpha value is -3.82. The van der Waals surface area contributed by atoms with E-state index in [1.165, 1.54) is 4.31 Å². The summed E-state index contributed by atoms with van der Waals surface area (Å²) in [5.41, 5.74) is 3.57. The Bertz CT molecular complexity index is 1600. The monoisotopic (exact) mass is 561 g/mol. The summed E-state index contributed by atoms with van der Waals surface area (Å²) in [7, 11) is -4.00. The van der Waals surface area contributed by atoms with Crippen molar-refractivity contribution in [2.75, 3.05) is 42.0 Å². The average molecular weight is 562 g/mol. The van der Waals surface area contributed by atoms with E-state index in [0.717, 1.165) is 30.9 Å². The molecule has 0 amide bonds. The molecule has 2 heterocycles. The minimum absolute atomic E-state index is 0.0883. The molecule has 1 atom stereocenters. The molecule has 1 N–H and O–H groups in total. The standard InChI is InChI=1S/C31H35N3O5S/c1-4-38-31(35)30-23(3)26-20-25(14-15-29(26)39-30)40(36,37)34(18-16-24-10-6-5-7-11-24)28-13-9-8-12-27(28)33-19-17-32-21-22(33)2/h5-15,20,22,32H,4,16-19,21H2,1-3H3/t22-/m0/s1. The van der Waals surface area contributed by atoms with Crippen molar-refractivity contribution in [1.82, 2.24) is 5.32 Å². The second kappa shape index (κ2) is 11.7. The van der Waals surface area contributed by atoms with Crippen molar-refractivity contribution in [3.63, 3.8) is 0 Å². The largest absolute Gasteiger partial charge is 0.460 e. The van der Waals surface area contributed by atoms with Crippen LogP contribution >= 0.6 is 0 Å². The molecule has 40 heavy (non-hydrogen) atoms. The van der Waals surface area contributed by atoms with Gasteiger partial charge in [0.05, 0.1) is 22.9 Å². The molecule has 0 saturated carbocycles. The molecule has 1 aliphatic rings. The van der Waals surface area contributed by atoms with Gasteiger partial charge in [0.25, 0.3) is 10.0 Å². The van der Waals surface area contributed by atoms with Crippen molar-refractivity contribution in [2.45, 2.75) is 38.1 Å². The molecule has 1 aromatic heterocycles. The van der Waals surface area contributed by atoms with Gasteiger partial charge >= 0.3 is 5.97 Å². The number of fused-ring (bicyclic) bond motifs is 1. The first-order valence-electron chi connectivity index (χ1n) is 13.6. The number of benzene rings is 3. The van der Waals surface area contributed by atoms with Gasteiger partial charge in [-0.25, -0.2) is 13.2 Å². The van der Waals surface area contributed by atoms with Gasteiger partial charge in [-0.2, -0.15) is 0 Å². The molecule has 1 fully saturated rings. The number of rotatable bonds is 9. The molecule has 0 spiro atoms. The highest BCUT2D eigenvalue weighted by Crippen LogP contribution is 2.36. The summed E-state index contributed by atoms with van der Waals surface area (Å²) in [6.07, 6.45) is 0.547. The molecule has 0 aliphatic carbocycles. The number of anilines is 2. The summed E-state index contributed by atoms with van der Waals surface area (Å²) in [5, 5.41) is 3.98. The van der Waals surface area contributed by atoms with Crippen molar-refractivity contribution >= 4 is 38.3 Å². The Kier molecular flexibility index (Phi) is 8.14. The first kappa shape index (κ1) is 27.7. The summed E-state index contributed by atoms with van der Waals surface area (Å²) in [6, 6.07) is 22.5. The Morgan fingerprint density at radius 1 is 1.10 bits per heavy atom. The van der Waals surface area contributed by atoms with Crippen molar-refractivity contribution in [3.8, 4) is 0 Å². The van der Waals surface area contributed by atoms with E-state index >= 15 is 0 Å². The van der Waals surface area contributed by atoms with Gasteiger partial charge in [-0.15, -0.1) is 0 Å². The van der Waals surface area contributed by atoms with Gasteiger partial charge in [0.1, 0.15) is 5.58 Å². The van der Waals surface area contributed by atoms with Gasteiger partial charge in [0, 0.05) is 43.2 Å². The van der Waals surface area contributed by atoms with Crippen LogP contribution < -0.4 is 14.5 Å². The highest BCUT2D eigenvalue weighted by Gasteiger charge is 2.31. The number of esters is 1. The number of aryl methyl sites for hydroxylation is 1. The molecular weight excluding hydrogens is 526 g/mol. The van der Waals surface area contributed by atoms with Crippen molar-refractivity contribution < 1.29 is 22.4 Å². The highest BCUT2D eigenvalue weighted by atomic mass is 32.2. The molecule has 1 saturated heterocycles. The SMILES string of the molecule is CCOC(=O)c1oc2ccc(S(=O)(=O)N(CCc3ccccc3)c3ccccc3N3CCNC[C@@H]3C)cc2c1C. The molecule has 210 valence electrons. The molecule has 5 rings (SSSR count). The first-order valence-corrected chi connectivity index (χ1v) is 15.1. The van der Waals surface area contributed by atoms with Crippen LogP contribution in [0.2, 0.25) is 0 Å². The second-order valence-corrected chi connectivity index (χ2v) is 11.8. The minimum Gasteiger partial charge on any atom is -0.460 e. The number of carbonyl (C=O) groups excluding carboxylic acids is 1. The minimum atomic E-state index is -4.00. The zero-order chi connectivity index (χ0) is 28.3. The number of para-hydroxylation sites is 2. The number of nitrogens with one attached hydrogen (secondary N) is 1. The smallest absolute Gasteiger partial charge is 0.374 e. The molecule has 4 aromatic rings. The predicted octanol–water partition coefficient (Wildman–Crippen LogP) is 5.15. The third-order valence-electron chi connectivity index (χ3n) is 7.36. The van der Waals surface area contributed by atoms with E-state index in [0.29, 0.717) is 28.6 Å². The van der Waals surface area contributed by atoms with E-state index in [9.17, 15) is 13.2 Å². The maximum Gasteiger partial charge on any atom is 0.374 e. The maximum atomic E-state index is 14.4. The van der Waals surface area contributed by atoms with Gasteiger partial charge in [-0.05, 0) is 63.1 Å². The Morgan fingerprint density at radius 2 is 1.85 bits per heavy atom. The lowest BCUT2D eigenvalue weighted by Crippen LogP contribution is -2.50. The topological polar surface area (TPSA) is 92.1 Å². The molecular formula is C31H35N3O5S. The van der Waals surface area contributed by atoms with E-state index < -0.39 is 16.0 Å². The fourth-order valence-electron chi connectivity index (χ4n) is 5.24. The fraction of sp³-hybridized carbons (Fsp3) is 0.323. The van der Waals surface area contributed by atoms with Gasteiger partial charge < -0.3 is 19.4 Å². The number of piperazine rings is 1. The number of hydrogen-bond acceptors (Lipinski definition) is 7. The number of sulfonamides is 1. The molecule has 8 nitrogen and oxygen atoms in total. The Morgan fingerprint density at radius 3 is 2.60 bits per heavy atom. The number of ether oxygens (including phenoxy) is 1. The lowest BCUT2D eigenvalue weighted by molar-refractivity contribution is 0.0491. The van der Waals surface area contributed by atoms with Gasteiger partial charge in [0.15, 0.2) is 0 Å². The summed E-state index contributed by atoms with van der Waals surface area (Å²) in [6.45, 7) is 8.52. The third kappa shape index (κ3) is 5.44. The van der Waals surface area contributed by atoms with Crippen LogP contribution in [0.4, 0.5) is 11.4 Å². The van der Waals surface area contributed by atoms with Crippen LogP contribution in [-0.4, -0.2) is 53.2 Å². The number of hydrogen-bond donors (Lipinski definition) is 1.